The lowest BCUT2D eigenvalue weighted by molar-refractivity contribution is 0.327. The van der Waals surface area contributed by atoms with Crippen molar-refractivity contribution in [1.29, 1.82) is 0 Å². The summed E-state index contributed by atoms with van der Waals surface area (Å²) in [6, 6.07) is 5.25. The van der Waals surface area contributed by atoms with E-state index in [9.17, 15) is 0 Å². The minimum atomic E-state index is 0.409. The van der Waals surface area contributed by atoms with E-state index in [-0.39, 0.29) is 0 Å². The molecule has 0 bridgehead atoms. The normalized spacial score (nSPS) is 30.4. The Morgan fingerprint density at radius 3 is 2.88 bits per heavy atom. The Balaban J connectivity index is 1.94. The van der Waals surface area contributed by atoms with E-state index in [0.717, 1.165) is 11.8 Å². The number of nitrogens with one attached hydrogen (secondary N) is 1. The van der Waals surface area contributed by atoms with E-state index < -0.39 is 0 Å². The Morgan fingerprint density at radius 2 is 2.29 bits per heavy atom. The molecule has 1 aliphatic carbocycles. The molecule has 0 amide bonds. The second kappa shape index (κ2) is 5.63. The Kier molecular flexibility index (Phi) is 4.16. The zero-order chi connectivity index (χ0) is 12.3. The van der Waals surface area contributed by atoms with E-state index >= 15 is 0 Å². The van der Waals surface area contributed by atoms with Crippen molar-refractivity contribution in [3.8, 4) is 0 Å². The molecule has 0 saturated heterocycles. The van der Waals surface area contributed by atoms with Gasteiger partial charge in [0.1, 0.15) is 0 Å². The predicted octanol–water partition coefficient (Wildman–Crippen LogP) is 3.56. The molecular weight excluding hydrogens is 208 g/mol. The summed E-state index contributed by atoms with van der Waals surface area (Å²) in [5, 5.41) is 3.77. The van der Waals surface area contributed by atoms with E-state index in [2.05, 4.69) is 37.1 Å². The van der Waals surface area contributed by atoms with Crippen LogP contribution in [0.2, 0.25) is 0 Å². The fourth-order valence-corrected chi connectivity index (χ4v) is 3.11. The fourth-order valence-electron chi connectivity index (χ4n) is 3.11. The summed E-state index contributed by atoms with van der Waals surface area (Å²) in [7, 11) is 0. The standard InChI is InChI=1S/C15H24N2/c1-4-13-7-8-15(11(13)2)17-12(3)14-6-5-9-16-10-14/h5-6,9-13,15,17H,4,7-8H2,1-3H3. The van der Waals surface area contributed by atoms with Gasteiger partial charge in [-0.05, 0) is 43.2 Å². The van der Waals surface area contributed by atoms with Crippen LogP contribution in [0.4, 0.5) is 0 Å². The van der Waals surface area contributed by atoms with Gasteiger partial charge in [-0.1, -0.05) is 26.3 Å². The Bertz CT molecular complexity index is 336. The van der Waals surface area contributed by atoms with Crippen LogP contribution in [0.5, 0.6) is 0 Å². The van der Waals surface area contributed by atoms with E-state index in [1.54, 1.807) is 0 Å². The van der Waals surface area contributed by atoms with Crippen molar-refractivity contribution in [2.45, 2.75) is 52.1 Å². The largest absolute Gasteiger partial charge is 0.307 e. The van der Waals surface area contributed by atoms with Gasteiger partial charge in [-0.25, -0.2) is 0 Å². The first-order valence-corrected chi connectivity index (χ1v) is 6.88. The van der Waals surface area contributed by atoms with Gasteiger partial charge in [0.2, 0.25) is 0 Å². The maximum atomic E-state index is 4.19. The third-order valence-electron chi connectivity index (χ3n) is 4.40. The summed E-state index contributed by atoms with van der Waals surface area (Å²) in [6.07, 6.45) is 7.83. The van der Waals surface area contributed by atoms with Crippen LogP contribution in [-0.2, 0) is 0 Å². The molecule has 0 spiro atoms. The second-order valence-electron chi connectivity index (χ2n) is 5.39. The Labute approximate surface area is 105 Å². The molecule has 0 aromatic carbocycles. The zero-order valence-electron chi connectivity index (χ0n) is 11.2. The Hall–Kier alpha value is -0.890. The van der Waals surface area contributed by atoms with E-state index in [1.165, 1.54) is 24.8 Å². The lowest BCUT2D eigenvalue weighted by Crippen LogP contribution is -2.34. The predicted molar refractivity (Wildman–Crippen MR) is 71.8 cm³/mol. The number of rotatable bonds is 4. The fraction of sp³-hybridized carbons (Fsp3) is 0.667. The maximum Gasteiger partial charge on any atom is 0.0315 e. The van der Waals surface area contributed by atoms with Crippen LogP contribution in [0.1, 0.15) is 51.6 Å². The summed E-state index contributed by atoms with van der Waals surface area (Å²) in [4.78, 5) is 4.19. The molecule has 1 N–H and O–H groups in total. The number of hydrogen-bond donors (Lipinski definition) is 1. The summed E-state index contributed by atoms with van der Waals surface area (Å²) in [6.45, 7) is 6.95. The minimum Gasteiger partial charge on any atom is -0.307 e. The van der Waals surface area contributed by atoms with E-state index in [0.29, 0.717) is 12.1 Å². The molecule has 2 nitrogen and oxygen atoms in total. The molecule has 4 atom stereocenters. The molecule has 1 aromatic heterocycles. The average molecular weight is 232 g/mol. The third-order valence-corrected chi connectivity index (χ3v) is 4.40. The molecule has 17 heavy (non-hydrogen) atoms. The van der Waals surface area contributed by atoms with Crippen molar-refractivity contribution in [2.24, 2.45) is 11.8 Å². The van der Waals surface area contributed by atoms with Gasteiger partial charge in [-0.15, -0.1) is 0 Å². The topological polar surface area (TPSA) is 24.9 Å². The molecule has 0 aliphatic heterocycles. The van der Waals surface area contributed by atoms with Gasteiger partial charge in [0, 0.05) is 24.5 Å². The highest BCUT2D eigenvalue weighted by atomic mass is 15.0. The maximum absolute atomic E-state index is 4.19. The molecular formula is C15H24N2. The third kappa shape index (κ3) is 2.86. The van der Waals surface area contributed by atoms with Gasteiger partial charge in [0.25, 0.3) is 0 Å². The minimum absolute atomic E-state index is 0.409. The lowest BCUT2D eigenvalue weighted by atomic mass is 9.93. The average Bonchev–Trinajstić information content (AvgIpc) is 2.71. The molecule has 94 valence electrons. The first-order valence-electron chi connectivity index (χ1n) is 6.88. The van der Waals surface area contributed by atoms with Crippen LogP contribution in [0.15, 0.2) is 24.5 Å². The van der Waals surface area contributed by atoms with Gasteiger partial charge in [0.05, 0.1) is 0 Å². The van der Waals surface area contributed by atoms with E-state index in [4.69, 9.17) is 0 Å². The summed E-state index contributed by atoms with van der Waals surface area (Å²) in [5.74, 6) is 1.72. The van der Waals surface area contributed by atoms with Crippen molar-refractivity contribution in [3.05, 3.63) is 30.1 Å². The van der Waals surface area contributed by atoms with Crippen LogP contribution in [0.25, 0.3) is 0 Å². The van der Waals surface area contributed by atoms with Gasteiger partial charge in [-0.2, -0.15) is 0 Å². The summed E-state index contributed by atoms with van der Waals surface area (Å²) < 4.78 is 0. The van der Waals surface area contributed by atoms with Crippen molar-refractivity contribution in [1.82, 2.24) is 10.3 Å². The summed E-state index contributed by atoms with van der Waals surface area (Å²) >= 11 is 0. The lowest BCUT2D eigenvalue weighted by Gasteiger charge is -2.25. The van der Waals surface area contributed by atoms with Crippen LogP contribution >= 0.6 is 0 Å². The number of aromatic nitrogens is 1. The molecule has 0 radical (unpaired) electrons. The summed E-state index contributed by atoms with van der Waals surface area (Å²) in [5.41, 5.74) is 1.29. The number of pyridine rings is 1. The Morgan fingerprint density at radius 1 is 1.47 bits per heavy atom. The first kappa shape index (κ1) is 12.6. The molecule has 1 aromatic rings. The molecule has 1 aliphatic rings. The van der Waals surface area contributed by atoms with Gasteiger partial charge < -0.3 is 5.32 Å². The van der Waals surface area contributed by atoms with Crippen LogP contribution in [0.3, 0.4) is 0 Å². The van der Waals surface area contributed by atoms with Crippen LogP contribution in [0, 0.1) is 11.8 Å². The molecule has 1 heterocycles. The molecule has 2 rings (SSSR count). The van der Waals surface area contributed by atoms with Crippen LogP contribution in [-0.4, -0.2) is 11.0 Å². The molecule has 1 fully saturated rings. The molecule has 2 heteroatoms. The quantitative estimate of drug-likeness (QED) is 0.858. The first-order chi connectivity index (χ1) is 8.22. The number of nitrogens with zero attached hydrogens (tertiary/aromatic N) is 1. The highest BCUT2D eigenvalue weighted by Crippen LogP contribution is 2.34. The van der Waals surface area contributed by atoms with Gasteiger partial charge >= 0.3 is 0 Å². The highest BCUT2D eigenvalue weighted by Gasteiger charge is 2.32. The van der Waals surface area contributed by atoms with Crippen LogP contribution < -0.4 is 5.32 Å². The monoisotopic (exact) mass is 232 g/mol. The van der Waals surface area contributed by atoms with Crippen molar-refractivity contribution in [2.75, 3.05) is 0 Å². The van der Waals surface area contributed by atoms with Crippen molar-refractivity contribution >= 4 is 0 Å². The van der Waals surface area contributed by atoms with Crippen molar-refractivity contribution in [3.63, 3.8) is 0 Å². The second-order valence-corrected chi connectivity index (χ2v) is 5.39. The van der Waals surface area contributed by atoms with Gasteiger partial charge in [-0.3, -0.25) is 4.98 Å². The number of hydrogen-bond acceptors (Lipinski definition) is 2. The van der Waals surface area contributed by atoms with Gasteiger partial charge in [0.15, 0.2) is 0 Å². The van der Waals surface area contributed by atoms with E-state index in [1.807, 2.05) is 18.5 Å². The van der Waals surface area contributed by atoms with Crippen molar-refractivity contribution < 1.29 is 0 Å². The molecule has 4 unspecified atom stereocenters. The smallest absolute Gasteiger partial charge is 0.0315 e. The SMILES string of the molecule is CCC1CCC(NC(C)c2cccnc2)C1C. The zero-order valence-corrected chi connectivity index (χ0v) is 11.2. The highest BCUT2D eigenvalue weighted by molar-refractivity contribution is 5.13. The molecule has 1 saturated carbocycles.